The third kappa shape index (κ3) is 3.20. The van der Waals surface area contributed by atoms with Crippen molar-refractivity contribution < 1.29 is 5.11 Å². The summed E-state index contributed by atoms with van der Waals surface area (Å²) in [5, 5.41) is 8.97. The molecule has 0 heterocycles. The molecule has 2 heteroatoms. The second-order valence-corrected chi connectivity index (χ2v) is 3.57. The van der Waals surface area contributed by atoms with E-state index >= 15 is 0 Å². The van der Waals surface area contributed by atoms with Crippen LogP contribution < -0.4 is 0 Å². The topological polar surface area (TPSA) is 20.2 Å². The van der Waals surface area contributed by atoms with Crippen molar-refractivity contribution in [1.82, 2.24) is 0 Å². The zero-order valence-electron chi connectivity index (χ0n) is 6.87. The molecule has 1 N–H and O–H groups in total. The lowest BCUT2D eigenvalue weighted by molar-refractivity contribution is 0.245. The fourth-order valence-corrected chi connectivity index (χ4v) is 1.09. The van der Waals surface area contributed by atoms with E-state index in [1.54, 1.807) is 13.0 Å². The van der Waals surface area contributed by atoms with Gasteiger partial charge in [0, 0.05) is 4.47 Å². The van der Waals surface area contributed by atoms with Gasteiger partial charge in [-0.1, -0.05) is 40.2 Å². The fourth-order valence-electron chi connectivity index (χ4n) is 0.824. The van der Waals surface area contributed by atoms with Crippen LogP contribution >= 0.6 is 15.9 Å². The van der Waals surface area contributed by atoms with Gasteiger partial charge in [-0.2, -0.15) is 0 Å². The molecular weight excluding hydrogens is 216 g/mol. The van der Waals surface area contributed by atoms with E-state index < -0.39 is 0 Å². The summed E-state index contributed by atoms with van der Waals surface area (Å²) < 4.78 is 1.07. The van der Waals surface area contributed by atoms with Crippen LogP contribution in [0.2, 0.25) is 0 Å². The monoisotopic (exact) mass is 226 g/mol. The zero-order valence-corrected chi connectivity index (χ0v) is 8.45. The van der Waals surface area contributed by atoms with Crippen LogP contribution in [-0.4, -0.2) is 11.2 Å². The molecule has 0 saturated carbocycles. The molecule has 1 rings (SSSR count). The predicted octanol–water partition coefficient (Wildman–Crippen LogP) is 2.84. The van der Waals surface area contributed by atoms with E-state index in [0.29, 0.717) is 0 Å². The summed E-state index contributed by atoms with van der Waals surface area (Å²) in [7, 11) is 0. The summed E-state index contributed by atoms with van der Waals surface area (Å²) in [6.07, 6.45) is 3.27. The Bertz CT molecular complexity index is 262. The molecule has 0 saturated heterocycles. The van der Waals surface area contributed by atoms with Gasteiger partial charge in [-0.15, -0.1) is 0 Å². The van der Waals surface area contributed by atoms with Crippen molar-refractivity contribution in [2.45, 2.75) is 13.0 Å². The molecule has 1 aromatic carbocycles. The Morgan fingerprint density at radius 3 is 2.42 bits per heavy atom. The van der Waals surface area contributed by atoms with Gasteiger partial charge in [-0.05, 0) is 24.6 Å². The molecule has 0 aliphatic rings. The highest BCUT2D eigenvalue weighted by molar-refractivity contribution is 9.10. The van der Waals surface area contributed by atoms with Crippen LogP contribution in [0.15, 0.2) is 34.8 Å². The van der Waals surface area contributed by atoms with Gasteiger partial charge in [0.2, 0.25) is 0 Å². The van der Waals surface area contributed by atoms with Crippen LogP contribution in [0.25, 0.3) is 6.08 Å². The Morgan fingerprint density at radius 1 is 1.33 bits per heavy atom. The first-order chi connectivity index (χ1) is 5.68. The Kier molecular flexibility index (Phi) is 3.50. The summed E-state index contributed by atoms with van der Waals surface area (Å²) in [6, 6.07) is 7.93. The molecule has 1 atom stereocenters. The number of hydrogen-bond acceptors (Lipinski definition) is 1. The minimum Gasteiger partial charge on any atom is -0.389 e. The lowest BCUT2D eigenvalue weighted by atomic mass is 10.2. The highest BCUT2D eigenvalue weighted by Gasteiger charge is 1.88. The molecule has 0 aromatic heterocycles. The molecule has 0 aliphatic heterocycles. The normalized spacial score (nSPS) is 13.6. The molecule has 0 amide bonds. The van der Waals surface area contributed by atoms with Crippen molar-refractivity contribution >= 4 is 22.0 Å². The molecule has 0 radical (unpaired) electrons. The zero-order chi connectivity index (χ0) is 8.97. The molecule has 0 spiro atoms. The van der Waals surface area contributed by atoms with Gasteiger partial charge >= 0.3 is 0 Å². The van der Waals surface area contributed by atoms with Gasteiger partial charge in [0.25, 0.3) is 0 Å². The fraction of sp³-hybridized carbons (Fsp3) is 0.200. The number of rotatable bonds is 2. The smallest absolute Gasteiger partial charge is 0.0696 e. The SMILES string of the molecule is C[C@H](O)C=Cc1ccc(Br)cc1. The van der Waals surface area contributed by atoms with Crippen molar-refractivity contribution in [2.75, 3.05) is 0 Å². The van der Waals surface area contributed by atoms with E-state index in [9.17, 15) is 0 Å². The first-order valence-corrected chi connectivity index (χ1v) is 4.59. The minimum absolute atomic E-state index is 0.381. The maximum absolute atomic E-state index is 8.97. The summed E-state index contributed by atoms with van der Waals surface area (Å²) >= 11 is 3.35. The lowest BCUT2D eigenvalue weighted by Gasteiger charge is -1.95. The Hall–Kier alpha value is -0.600. The molecular formula is C10H11BrO. The van der Waals surface area contributed by atoms with Gasteiger partial charge in [0.05, 0.1) is 6.10 Å². The van der Waals surface area contributed by atoms with Crippen molar-refractivity contribution in [3.05, 3.63) is 40.4 Å². The highest BCUT2D eigenvalue weighted by Crippen LogP contribution is 2.11. The van der Waals surface area contributed by atoms with Crippen LogP contribution in [0.3, 0.4) is 0 Å². The standard InChI is InChI=1S/C10H11BrO/c1-8(12)2-3-9-4-6-10(11)7-5-9/h2-8,12H,1H3/t8-/m0/s1. The summed E-state index contributed by atoms with van der Waals surface area (Å²) in [4.78, 5) is 0. The molecule has 1 aromatic rings. The van der Waals surface area contributed by atoms with Crippen LogP contribution in [0.5, 0.6) is 0 Å². The number of hydrogen-bond donors (Lipinski definition) is 1. The third-order valence-corrected chi connectivity index (χ3v) is 1.97. The first-order valence-electron chi connectivity index (χ1n) is 3.80. The molecule has 0 fully saturated rings. The Labute approximate surface area is 80.9 Å². The molecule has 1 nitrogen and oxygen atoms in total. The average Bonchev–Trinajstić information content (AvgIpc) is 2.03. The second-order valence-electron chi connectivity index (χ2n) is 2.65. The van der Waals surface area contributed by atoms with Gasteiger partial charge in [0.1, 0.15) is 0 Å². The number of aliphatic hydroxyl groups is 1. The quantitative estimate of drug-likeness (QED) is 0.823. The van der Waals surface area contributed by atoms with E-state index in [0.717, 1.165) is 10.0 Å². The predicted molar refractivity (Wildman–Crippen MR) is 54.9 cm³/mol. The van der Waals surface area contributed by atoms with E-state index in [1.165, 1.54) is 0 Å². The van der Waals surface area contributed by atoms with Crippen LogP contribution in [0.1, 0.15) is 12.5 Å². The van der Waals surface area contributed by atoms with Crippen molar-refractivity contribution in [2.24, 2.45) is 0 Å². The summed E-state index contributed by atoms with van der Waals surface area (Å²) in [5.74, 6) is 0. The van der Waals surface area contributed by atoms with Crippen molar-refractivity contribution in [1.29, 1.82) is 0 Å². The first kappa shape index (κ1) is 9.49. The number of aliphatic hydroxyl groups excluding tert-OH is 1. The Balaban J connectivity index is 2.71. The van der Waals surface area contributed by atoms with Gasteiger partial charge in [-0.3, -0.25) is 0 Å². The lowest BCUT2D eigenvalue weighted by Crippen LogP contribution is -1.90. The third-order valence-electron chi connectivity index (χ3n) is 1.44. The molecule has 0 bridgehead atoms. The molecule has 0 unspecified atom stereocenters. The van der Waals surface area contributed by atoms with E-state index in [1.807, 2.05) is 30.3 Å². The second kappa shape index (κ2) is 4.43. The average molecular weight is 227 g/mol. The number of halogens is 1. The summed E-state index contributed by atoms with van der Waals surface area (Å²) in [5.41, 5.74) is 1.10. The van der Waals surface area contributed by atoms with Gasteiger partial charge in [-0.25, -0.2) is 0 Å². The Morgan fingerprint density at radius 2 is 1.92 bits per heavy atom. The highest BCUT2D eigenvalue weighted by atomic mass is 79.9. The largest absolute Gasteiger partial charge is 0.389 e. The van der Waals surface area contributed by atoms with Gasteiger partial charge < -0.3 is 5.11 Å². The van der Waals surface area contributed by atoms with E-state index in [-0.39, 0.29) is 6.10 Å². The van der Waals surface area contributed by atoms with Crippen LogP contribution in [0.4, 0.5) is 0 Å². The molecule has 64 valence electrons. The summed E-state index contributed by atoms with van der Waals surface area (Å²) in [6.45, 7) is 1.73. The van der Waals surface area contributed by atoms with E-state index in [2.05, 4.69) is 15.9 Å². The molecule has 0 aliphatic carbocycles. The van der Waals surface area contributed by atoms with Crippen molar-refractivity contribution in [3.63, 3.8) is 0 Å². The number of benzene rings is 1. The molecule has 12 heavy (non-hydrogen) atoms. The maximum atomic E-state index is 8.97. The van der Waals surface area contributed by atoms with Crippen LogP contribution in [-0.2, 0) is 0 Å². The maximum Gasteiger partial charge on any atom is 0.0696 e. The minimum atomic E-state index is -0.381. The van der Waals surface area contributed by atoms with Gasteiger partial charge in [0.15, 0.2) is 0 Å². The van der Waals surface area contributed by atoms with Crippen LogP contribution in [0, 0.1) is 0 Å². The van der Waals surface area contributed by atoms with Crippen molar-refractivity contribution in [3.8, 4) is 0 Å². The van der Waals surface area contributed by atoms with E-state index in [4.69, 9.17) is 5.11 Å².